The highest BCUT2D eigenvalue weighted by molar-refractivity contribution is 7.96. The number of primary amides is 4. The fraction of sp³-hybridized carbons (Fsp3) is 0.674. The fourth-order valence-corrected chi connectivity index (χ4v) is 7.63. The molecule has 6 atom stereocenters. The molecule has 79 heavy (non-hydrogen) atoms. The lowest BCUT2D eigenvalue weighted by atomic mass is 9.97. The first kappa shape index (κ1) is 71.3. The molecule has 0 bridgehead atoms. The molecule has 0 aliphatic carbocycles. The van der Waals surface area contributed by atoms with E-state index < -0.39 is 210 Å². The minimum absolute atomic E-state index is 0.000640. The molecule has 33 heteroatoms. The number of aliphatic hydroxyl groups excluding tert-OH is 1. The number of carbonyl (C=O) groups excluding carboxylic acids is 13. The SMILES string of the molecule is CCC(C)C(=O)[C@H](N)CN(CC(=O)N[C@@H](CCC(N)=O)CN(C=O)CC(=O)N[C@@H](CCC(N)=O)CN(CC(=O)N[C@@H](CCC(C)C)CN(CC(=O)N[C@@H](CO)CN(CC(=O)O)C(=O)S)C(=O)O)C(=O)CC(N)=O)C(=O)CC(N)=O. The highest BCUT2D eigenvalue weighted by Gasteiger charge is 2.31. The van der Waals surface area contributed by atoms with Crippen molar-refractivity contribution in [3.8, 4) is 0 Å². The Kier molecular flexibility index (Phi) is 33.6. The maximum Gasteiger partial charge on any atom is 0.407 e. The van der Waals surface area contributed by atoms with Gasteiger partial charge in [0.2, 0.25) is 65.5 Å². The van der Waals surface area contributed by atoms with E-state index in [1.165, 1.54) is 0 Å². The Labute approximate surface area is 461 Å². The van der Waals surface area contributed by atoms with E-state index in [2.05, 4.69) is 33.9 Å². The molecule has 0 spiro atoms. The number of nitrogens with one attached hydrogen (secondary N) is 4. The summed E-state index contributed by atoms with van der Waals surface area (Å²) in [6, 6.07) is -5.92. The third-order valence-corrected chi connectivity index (χ3v) is 11.9. The zero-order chi connectivity index (χ0) is 60.7. The number of carbonyl (C=O) groups is 15. The van der Waals surface area contributed by atoms with Gasteiger partial charge >= 0.3 is 12.1 Å². The van der Waals surface area contributed by atoms with E-state index in [0.29, 0.717) is 22.6 Å². The van der Waals surface area contributed by atoms with Crippen LogP contribution in [0, 0.1) is 11.8 Å². The monoisotopic (exact) mass is 1150 g/mol. The summed E-state index contributed by atoms with van der Waals surface area (Å²) >= 11 is 3.59. The molecule has 17 N–H and O–H groups in total. The number of rotatable bonds is 42. The summed E-state index contributed by atoms with van der Waals surface area (Å²) in [6.45, 7) is -0.471. The molecule has 13 amide bonds. The maximum absolute atomic E-state index is 13.8. The van der Waals surface area contributed by atoms with Gasteiger partial charge in [-0.1, -0.05) is 40.3 Å². The van der Waals surface area contributed by atoms with E-state index in [1.807, 2.05) is 13.8 Å². The summed E-state index contributed by atoms with van der Waals surface area (Å²) in [5.41, 5.74) is 27.3. The number of thiol groups is 1. The highest BCUT2D eigenvalue weighted by Crippen LogP contribution is 2.12. The third kappa shape index (κ3) is 32.0. The van der Waals surface area contributed by atoms with Crippen LogP contribution in [-0.2, 0) is 62.3 Å². The van der Waals surface area contributed by atoms with Crippen molar-refractivity contribution in [2.24, 2.45) is 40.5 Å². The van der Waals surface area contributed by atoms with Crippen LogP contribution >= 0.6 is 12.6 Å². The molecular weight excluding hydrogens is 1070 g/mol. The first-order chi connectivity index (χ1) is 36.8. The average molecular weight is 1150 g/mol. The molecule has 32 nitrogen and oxygen atoms in total. The van der Waals surface area contributed by atoms with Crippen molar-refractivity contribution < 1.29 is 87.2 Å². The molecule has 0 aromatic rings. The fourth-order valence-electron chi connectivity index (χ4n) is 7.48. The second-order valence-electron chi connectivity index (χ2n) is 19.1. The van der Waals surface area contributed by atoms with Crippen LogP contribution < -0.4 is 49.9 Å². The van der Waals surface area contributed by atoms with E-state index in [1.54, 1.807) is 13.8 Å². The normalized spacial score (nSPS) is 13.1. The van der Waals surface area contributed by atoms with Crippen molar-refractivity contribution in [1.29, 1.82) is 0 Å². The number of nitrogens with zero attached hydrogens (tertiary/aromatic N) is 5. The van der Waals surface area contributed by atoms with Gasteiger partial charge in [-0.3, -0.25) is 72.0 Å². The van der Waals surface area contributed by atoms with Crippen LogP contribution in [0.25, 0.3) is 0 Å². The van der Waals surface area contributed by atoms with E-state index in [-0.39, 0.29) is 38.0 Å². The predicted octanol–water partition coefficient (Wildman–Crippen LogP) is -5.89. The van der Waals surface area contributed by atoms with Crippen molar-refractivity contribution >= 4 is 101 Å². The van der Waals surface area contributed by atoms with Crippen LogP contribution in [0.15, 0.2) is 0 Å². The Morgan fingerprint density at radius 2 is 0.937 bits per heavy atom. The quantitative estimate of drug-likeness (QED) is 0.0154. The molecule has 0 rings (SSSR count). The van der Waals surface area contributed by atoms with Gasteiger partial charge in [0.25, 0.3) is 5.24 Å². The Morgan fingerprint density at radius 1 is 0.532 bits per heavy atom. The van der Waals surface area contributed by atoms with E-state index in [4.69, 9.17) is 33.8 Å². The summed E-state index contributed by atoms with van der Waals surface area (Å²) in [5.74, 6) is -11.9. The summed E-state index contributed by atoms with van der Waals surface area (Å²) in [6.07, 6.45) is -3.54. The van der Waals surface area contributed by atoms with Crippen LogP contribution in [0.5, 0.6) is 0 Å². The van der Waals surface area contributed by atoms with Gasteiger partial charge in [0.05, 0.1) is 38.3 Å². The average Bonchev–Trinajstić information content (AvgIpc) is 3.33. The van der Waals surface area contributed by atoms with Gasteiger partial charge in [-0.05, 0) is 38.0 Å². The van der Waals surface area contributed by atoms with Gasteiger partial charge in [0, 0.05) is 69.6 Å². The molecule has 0 aromatic heterocycles. The molecule has 0 radical (unpaired) electrons. The van der Waals surface area contributed by atoms with Gasteiger partial charge in [-0.15, -0.1) is 0 Å². The lowest BCUT2D eigenvalue weighted by Gasteiger charge is -2.31. The lowest BCUT2D eigenvalue weighted by molar-refractivity contribution is -0.140. The van der Waals surface area contributed by atoms with E-state index in [9.17, 15) is 82.1 Å². The number of Topliss-reactive ketones (excluding diaryl/α,β-unsaturated/α-hetero) is 1. The Balaban J connectivity index is 6.57. The molecule has 1 unspecified atom stereocenters. The number of hydrogen-bond donors (Lipinski definition) is 13. The van der Waals surface area contributed by atoms with Crippen LogP contribution in [0.1, 0.15) is 85.5 Å². The zero-order valence-electron chi connectivity index (χ0n) is 44.8. The second kappa shape index (κ2) is 37.2. The molecule has 0 aliphatic rings. The van der Waals surface area contributed by atoms with Crippen molar-refractivity contribution in [3.63, 3.8) is 0 Å². The zero-order valence-corrected chi connectivity index (χ0v) is 45.7. The van der Waals surface area contributed by atoms with Gasteiger partial charge in [-0.25, -0.2) is 4.79 Å². The maximum atomic E-state index is 13.8. The summed E-state index contributed by atoms with van der Waals surface area (Å²) in [7, 11) is 0. The first-order valence-electron chi connectivity index (χ1n) is 24.9. The van der Waals surface area contributed by atoms with Crippen molar-refractivity contribution in [2.75, 3.05) is 72.1 Å². The highest BCUT2D eigenvalue weighted by atomic mass is 32.1. The minimum Gasteiger partial charge on any atom is -0.480 e. The van der Waals surface area contributed by atoms with Crippen LogP contribution in [0.4, 0.5) is 9.59 Å². The molecule has 0 fully saturated rings. The molecule has 0 aromatic carbocycles. The van der Waals surface area contributed by atoms with Gasteiger partial charge in [-0.2, -0.15) is 0 Å². The molecule has 446 valence electrons. The number of ketones is 1. The molecule has 0 saturated carbocycles. The Hall–Kier alpha value is -7.68. The molecule has 0 aliphatic heterocycles. The Morgan fingerprint density at radius 3 is 1.33 bits per heavy atom. The standard InChI is InChI=1S/C46H78N14O18S/c1-5-27(4)44(75)32(47)18-58(42(72)13-36(51)66)21-39(69)52-28(8-10-33(48)63)14-56(25-62)19-37(67)53-30(9-11-34(49)64)15-57(41(71)12-35(50)65)20-38(68)54-29(7-6-26(2)3)16-59(45(76)77)22-40(70)55-31(24-61)17-60(46(78)79)23-43(73)74/h25-32,61H,5-24,47H2,1-4H3,(H2,48,63)(H2,49,64)(H2,50,65)(H2,51,66)(H,52,69)(H,53,67)(H,54,68)(H,55,70)(H,73,74)(H,76,77)(H,78,79)/t27?,28-,29-,30-,31+,32+/m0/s1. The largest absolute Gasteiger partial charge is 0.480 e. The summed E-state index contributed by atoms with van der Waals surface area (Å²) in [5, 5.41) is 38.0. The van der Waals surface area contributed by atoms with Gasteiger partial charge in [0.15, 0.2) is 5.78 Å². The Bertz CT molecular complexity index is 2170. The minimum atomic E-state index is -1.63. The molecule has 0 heterocycles. The summed E-state index contributed by atoms with van der Waals surface area (Å²) < 4.78 is 0. The second-order valence-corrected chi connectivity index (χ2v) is 19.5. The van der Waals surface area contributed by atoms with Gasteiger partial charge < -0.3 is 84.9 Å². The van der Waals surface area contributed by atoms with Crippen LogP contribution in [0.2, 0.25) is 0 Å². The number of amides is 13. The van der Waals surface area contributed by atoms with E-state index in [0.717, 1.165) is 14.7 Å². The van der Waals surface area contributed by atoms with Crippen molar-refractivity contribution in [3.05, 3.63) is 0 Å². The van der Waals surface area contributed by atoms with Crippen LogP contribution in [0.3, 0.4) is 0 Å². The van der Waals surface area contributed by atoms with Gasteiger partial charge in [0.1, 0.15) is 25.9 Å². The number of aliphatic hydroxyl groups is 1. The molecular formula is C46H78N14O18S. The van der Waals surface area contributed by atoms with E-state index >= 15 is 0 Å². The number of nitrogens with two attached hydrogens (primary N) is 5. The van der Waals surface area contributed by atoms with Crippen LogP contribution in [-0.4, -0.2) is 231 Å². The first-order valence-corrected chi connectivity index (χ1v) is 25.4. The lowest BCUT2D eigenvalue weighted by Crippen LogP contribution is -2.54. The number of carboxylic acids is 1. The summed E-state index contributed by atoms with van der Waals surface area (Å²) in [4.78, 5) is 192. The number of carboxylic acid groups (broad SMARTS) is 2. The predicted molar refractivity (Wildman–Crippen MR) is 280 cm³/mol. The smallest absolute Gasteiger partial charge is 0.407 e. The van der Waals surface area contributed by atoms with Crippen molar-refractivity contribution in [2.45, 2.75) is 116 Å². The topological polar surface area (TPSA) is 511 Å². The number of aliphatic carboxylic acids is 1. The molecule has 0 saturated heterocycles. The third-order valence-electron chi connectivity index (χ3n) is 11.6. The number of hydrogen-bond acceptors (Lipinski definition) is 17. The van der Waals surface area contributed by atoms with Crippen molar-refractivity contribution in [1.82, 2.24) is 45.8 Å².